The molecule has 0 aromatic heterocycles. The van der Waals surface area contributed by atoms with E-state index in [-0.39, 0.29) is 11.7 Å². The third-order valence-electron chi connectivity index (χ3n) is 6.64. The zero-order valence-electron chi connectivity index (χ0n) is 18.2. The van der Waals surface area contributed by atoms with E-state index in [1.807, 2.05) is 13.0 Å². The molecule has 5 nitrogen and oxygen atoms in total. The van der Waals surface area contributed by atoms with Gasteiger partial charge in [-0.25, -0.2) is 4.39 Å². The molecule has 0 spiro atoms. The van der Waals surface area contributed by atoms with E-state index in [4.69, 9.17) is 5.26 Å². The highest BCUT2D eigenvalue weighted by Crippen LogP contribution is 2.28. The van der Waals surface area contributed by atoms with E-state index in [9.17, 15) is 9.18 Å². The Labute approximate surface area is 180 Å². The number of nitrogens with one attached hydrogen (secondary N) is 1. The lowest BCUT2D eigenvalue weighted by Crippen LogP contribution is -2.47. The van der Waals surface area contributed by atoms with Crippen molar-refractivity contribution in [2.75, 3.05) is 37.6 Å². The number of carbonyl (C=O) groups is 1. The van der Waals surface area contributed by atoms with E-state index in [1.165, 1.54) is 25.3 Å². The van der Waals surface area contributed by atoms with Gasteiger partial charge in [-0.15, -0.1) is 0 Å². The van der Waals surface area contributed by atoms with Gasteiger partial charge >= 0.3 is 0 Å². The fourth-order valence-corrected chi connectivity index (χ4v) is 4.72. The molecule has 1 saturated carbocycles. The maximum absolute atomic E-state index is 13.6. The summed E-state index contributed by atoms with van der Waals surface area (Å²) in [5.41, 5.74) is 2.17. The lowest BCUT2D eigenvalue weighted by Gasteiger charge is -2.38. The molecule has 0 atom stereocenters. The van der Waals surface area contributed by atoms with Crippen LogP contribution in [0.1, 0.15) is 56.9 Å². The predicted octanol–water partition coefficient (Wildman–Crippen LogP) is 4.02. The molecule has 1 heterocycles. The lowest BCUT2D eigenvalue weighted by atomic mass is 9.84. The van der Waals surface area contributed by atoms with Crippen LogP contribution in [0.5, 0.6) is 0 Å². The van der Waals surface area contributed by atoms with Gasteiger partial charge in [-0.1, -0.05) is 6.07 Å². The number of hydrogen-bond donors (Lipinski definition) is 1. The standard InChI is InChI=1S/C24H35FN4O/c1-19-5-8-21(25)18-23(19)29-16-14-28(15-17-29)13-11-20-6-9-22(10-7-20)27-24(30)4-2-3-12-26/h5,8,18,20,22H,2-4,6-7,9-11,13-17H2,1H3,(H,27,30). The van der Waals surface area contributed by atoms with Crippen LogP contribution >= 0.6 is 0 Å². The van der Waals surface area contributed by atoms with Gasteiger partial charge in [-0.2, -0.15) is 5.26 Å². The Morgan fingerprint density at radius 3 is 2.63 bits per heavy atom. The van der Waals surface area contributed by atoms with Crippen LogP contribution in [0.2, 0.25) is 0 Å². The van der Waals surface area contributed by atoms with Crippen molar-refractivity contribution in [1.29, 1.82) is 5.26 Å². The minimum absolute atomic E-state index is 0.0973. The Morgan fingerprint density at radius 2 is 1.93 bits per heavy atom. The van der Waals surface area contributed by atoms with Gasteiger partial charge in [0.2, 0.25) is 5.91 Å². The van der Waals surface area contributed by atoms with Gasteiger partial charge < -0.3 is 10.2 Å². The molecule has 3 rings (SSSR count). The Kier molecular flexibility index (Phi) is 8.50. The van der Waals surface area contributed by atoms with E-state index < -0.39 is 0 Å². The first-order chi connectivity index (χ1) is 14.5. The van der Waals surface area contributed by atoms with Crippen molar-refractivity contribution in [1.82, 2.24) is 10.2 Å². The van der Waals surface area contributed by atoms with Crippen molar-refractivity contribution < 1.29 is 9.18 Å². The molecule has 2 aliphatic rings. The second kappa shape index (κ2) is 11.3. The minimum atomic E-state index is -0.160. The molecule has 1 aliphatic carbocycles. The molecule has 1 aromatic carbocycles. The van der Waals surface area contributed by atoms with Crippen molar-refractivity contribution in [3.8, 4) is 6.07 Å². The summed E-state index contributed by atoms with van der Waals surface area (Å²) >= 11 is 0. The van der Waals surface area contributed by atoms with Crippen LogP contribution < -0.4 is 10.2 Å². The van der Waals surface area contributed by atoms with Crippen LogP contribution in [0.4, 0.5) is 10.1 Å². The summed E-state index contributed by atoms with van der Waals surface area (Å²) in [5.74, 6) is 0.687. The van der Waals surface area contributed by atoms with Crippen LogP contribution in [0.25, 0.3) is 0 Å². The van der Waals surface area contributed by atoms with Gasteiger partial charge in [-0.3, -0.25) is 9.69 Å². The van der Waals surface area contributed by atoms with Crippen molar-refractivity contribution in [3.05, 3.63) is 29.6 Å². The number of rotatable bonds is 8. The first-order valence-corrected chi connectivity index (χ1v) is 11.4. The molecular weight excluding hydrogens is 379 g/mol. The topological polar surface area (TPSA) is 59.4 Å². The molecule has 2 fully saturated rings. The van der Waals surface area contributed by atoms with Gasteiger partial charge in [0, 0.05) is 50.7 Å². The summed E-state index contributed by atoms with van der Waals surface area (Å²) in [5, 5.41) is 11.7. The molecule has 6 heteroatoms. The monoisotopic (exact) mass is 414 g/mol. The lowest BCUT2D eigenvalue weighted by molar-refractivity contribution is -0.122. The Bertz CT molecular complexity index is 731. The van der Waals surface area contributed by atoms with Gasteiger partial charge in [-0.05, 0) is 75.6 Å². The van der Waals surface area contributed by atoms with Crippen LogP contribution in [0, 0.1) is 30.0 Å². The number of anilines is 1. The second-order valence-corrected chi connectivity index (χ2v) is 8.85. The summed E-state index contributed by atoms with van der Waals surface area (Å²) in [4.78, 5) is 16.8. The Morgan fingerprint density at radius 1 is 1.20 bits per heavy atom. The third kappa shape index (κ3) is 6.70. The molecule has 1 aromatic rings. The number of halogens is 1. The third-order valence-corrected chi connectivity index (χ3v) is 6.64. The van der Waals surface area contributed by atoms with Crippen LogP contribution in [-0.4, -0.2) is 49.6 Å². The molecule has 1 saturated heterocycles. The average molecular weight is 415 g/mol. The van der Waals surface area contributed by atoms with Crippen LogP contribution in [-0.2, 0) is 4.79 Å². The highest BCUT2D eigenvalue weighted by Gasteiger charge is 2.24. The van der Waals surface area contributed by atoms with E-state index in [2.05, 4.69) is 21.2 Å². The number of hydrogen-bond acceptors (Lipinski definition) is 4. The number of aryl methyl sites for hydroxylation is 1. The number of piperazine rings is 1. The van der Waals surface area contributed by atoms with Crippen molar-refractivity contribution in [3.63, 3.8) is 0 Å². The zero-order chi connectivity index (χ0) is 21.3. The van der Waals surface area contributed by atoms with Crippen LogP contribution in [0.3, 0.4) is 0 Å². The number of benzene rings is 1. The van der Waals surface area contributed by atoms with Crippen LogP contribution in [0.15, 0.2) is 18.2 Å². The quantitative estimate of drug-likeness (QED) is 0.653. The Hall–Kier alpha value is -2.13. The molecule has 1 aliphatic heterocycles. The summed E-state index contributed by atoms with van der Waals surface area (Å²) in [6.45, 7) is 7.15. The van der Waals surface area contributed by atoms with E-state index in [0.29, 0.717) is 25.3 Å². The van der Waals surface area contributed by atoms with E-state index in [1.54, 1.807) is 6.07 Å². The number of carbonyl (C=O) groups excluding carboxylic acids is 1. The average Bonchev–Trinajstić information content (AvgIpc) is 2.75. The number of amides is 1. The van der Waals surface area contributed by atoms with Crippen molar-refractivity contribution in [2.24, 2.45) is 5.92 Å². The second-order valence-electron chi connectivity index (χ2n) is 8.85. The summed E-state index contributed by atoms with van der Waals surface area (Å²) in [6, 6.07) is 7.45. The van der Waals surface area contributed by atoms with Gasteiger partial charge in [0.15, 0.2) is 0 Å². The van der Waals surface area contributed by atoms with Crippen molar-refractivity contribution >= 4 is 11.6 Å². The number of nitrogens with zero attached hydrogens (tertiary/aromatic N) is 3. The smallest absolute Gasteiger partial charge is 0.220 e. The molecule has 1 amide bonds. The predicted molar refractivity (Wildman–Crippen MR) is 118 cm³/mol. The number of unbranched alkanes of at least 4 members (excludes halogenated alkanes) is 1. The maximum Gasteiger partial charge on any atom is 0.220 e. The first-order valence-electron chi connectivity index (χ1n) is 11.4. The number of nitriles is 1. The molecule has 164 valence electrons. The van der Waals surface area contributed by atoms with E-state index in [0.717, 1.165) is 62.7 Å². The summed E-state index contributed by atoms with van der Waals surface area (Å²) in [6.07, 6.45) is 7.32. The molecule has 0 radical (unpaired) electrons. The molecule has 1 N–H and O–H groups in total. The fourth-order valence-electron chi connectivity index (χ4n) is 4.72. The summed E-state index contributed by atoms with van der Waals surface area (Å²) in [7, 11) is 0. The highest BCUT2D eigenvalue weighted by atomic mass is 19.1. The first kappa shape index (κ1) is 22.6. The zero-order valence-corrected chi connectivity index (χ0v) is 18.2. The normalized spacial score (nSPS) is 22.5. The Balaban J connectivity index is 1.32. The molecule has 0 bridgehead atoms. The van der Waals surface area contributed by atoms with Crippen molar-refractivity contribution in [2.45, 2.75) is 64.3 Å². The molecule has 30 heavy (non-hydrogen) atoms. The van der Waals surface area contributed by atoms with Gasteiger partial charge in [0.05, 0.1) is 6.07 Å². The SMILES string of the molecule is Cc1ccc(F)cc1N1CCN(CCC2CCC(NC(=O)CCCC#N)CC2)CC1. The minimum Gasteiger partial charge on any atom is -0.369 e. The largest absolute Gasteiger partial charge is 0.369 e. The molecule has 0 unspecified atom stereocenters. The fraction of sp³-hybridized carbons (Fsp3) is 0.667. The maximum atomic E-state index is 13.6. The summed E-state index contributed by atoms with van der Waals surface area (Å²) < 4.78 is 13.6. The highest BCUT2D eigenvalue weighted by molar-refractivity contribution is 5.76. The van der Waals surface area contributed by atoms with Gasteiger partial charge in [0.25, 0.3) is 0 Å². The molecular formula is C24H35FN4O. The van der Waals surface area contributed by atoms with Gasteiger partial charge in [0.1, 0.15) is 5.82 Å². The van der Waals surface area contributed by atoms with E-state index >= 15 is 0 Å².